The predicted molar refractivity (Wildman–Crippen MR) is 71.4 cm³/mol. The van der Waals surface area contributed by atoms with Crippen LogP contribution in [0.15, 0.2) is 28.7 Å². The predicted octanol–water partition coefficient (Wildman–Crippen LogP) is 3.65. The highest BCUT2D eigenvalue weighted by Crippen LogP contribution is 2.26. The lowest BCUT2D eigenvalue weighted by molar-refractivity contribution is -0.0713. The molecule has 0 radical (unpaired) electrons. The highest BCUT2D eigenvalue weighted by molar-refractivity contribution is 9.10. The zero-order valence-electron chi connectivity index (χ0n) is 10.2. The monoisotopic (exact) mass is 285 g/mol. The van der Waals surface area contributed by atoms with Gasteiger partial charge >= 0.3 is 0 Å². The van der Waals surface area contributed by atoms with Gasteiger partial charge in [-0.05, 0) is 38.0 Å². The van der Waals surface area contributed by atoms with Crippen LogP contribution in [-0.2, 0) is 4.74 Å². The van der Waals surface area contributed by atoms with Gasteiger partial charge in [0, 0.05) is 11.0 Å². The Balaban J connectivity index is 2.78. The van der Waals surface area contributed by atoms with E-state index in [2.05, 4.69) is 36.7 Å². The van der Waals surface area contributed by atoms with Gasteiger partial charge in [0.15, 0.2) is 0 Å². The Hall–Kier alpha value is -0.380. The summed E-state index contributed by atoms with van der Waals surface area (Å²) in [4.78, 5) is 0. The van der Waals surface area contributed by atoms with Crippen molar-refractivity contribution in [1.82, 2.24) is 0 Å². The number of hydrogen-bond donors (Lipinski definition) is 1. The van der Waals surface area contributed by atoms with Gasteiger partial charge in [-0.3, -0.25) is 0 Å². The SMILES string of the molecule is CCC(C)(C)OC(CN)c1ccc(Br)cc1. The Labute approximate surface area is 106 Å². The molecular formula is C13H20BrNO. The molecule has 1 aromatic carbocycles. The van der Waals surface area contributed by atoms with Crippen LogP contribution in [0.3, 0.4) is 0 Å². The topological polar surface area (TPSA) is 35.2 Å². The number of rotatable bonds is 5. The van der Waals surface area contributed by atoms with Crippen molar-refractivity contribution in [2.24, 2.45) is 5.73 Å². The highest BCUT2D eigenvalue weighted by atomic mass is 79.9. The summed E-state index contributed by atoms with van der Waals surface area (Å²) < 4.78 is 7.09. The third-order valence-electron chi connectivity index (χ3n) is 2.77. The van der Waals surface area contributed by atoms with E-state index < -0.39 is 0 Å². The molecule has 1 atom stereocenters. The summed E-state index contributed by atoms with van der Waals surface area (Å²) in [5, 5.41) is 0. The minimum absolute atomic E-state index is 0.0250. The fraction of sp³-hybridized carbons (Fsp3) is 0.538. The summed E-state index contributed by atoms with van der Waals surface area (Å²) in [6.45, 7) is 6.81. The second-order valence-corrected chi connectivity index (χ2v) is 5.42. The molecule has 3 heteroatoms. The molecule has 2 N–H and O–H groups in total. The average molecular weight is 286 g/mol. The van der Waals surface area contributed by atoms with Gasteiger partial charge in [0.1, 0.15) is 0 Å². The summed E-state index contributed by atoms with van der Waals surface area (Å²) in [5.41, 5.74) is 6.77. The molecule has 90 valence electrons. The van der Waals surface area contributed by atoms with E-state index in [1.54, 1.807) is 0 Å². The number of hydrogen-bond acceptors (Lipinski definition) is 2. The third-order valence-corrected chi connectivity index (χ3v) is 3.30. The van der Waals surface area contributed by atoms with Gasteiger partial charge in [0.2, 0.25) is 0 Å². The van der Waals surface area contributed by atoms with Crippen molar-refractivity contribution in [1.29, 1.82) is 0 Å². The van der Waals surface area contributed by atoms with E-state index in [9.17, 15) is 0 Å². The van der Waals surface area contributed by atoms with Crippen LogP contribution in [0.1, 0.15) is 38.9 Å². The largest absolute Gasteiger partial charge is 0.366 e. The molecule has 0 bridgehead atoms. The van der Waals surface area contributed by atoms with Crippen LogP contribution in [0.5, 0.6) is 0 Å². The number of nitrogens with two attached hydrogens (primary N) is 1. The highest BCUT2D eigenvalue weighted by Gasteiger charge is 2.21. The van der Waals surface area contributed by atoms with Crippen molar-refractivity contribution in [2.45, 2.75) is 38.9 Å². The van der Waals surface area contributed by atoms with Gasteiger partial charge in [-0.25, -0.2) is 0 Å². The minimum atomic E-state index is -0.128. The second-order valence-electron chi connectivity index (χ2n) is 4.51. The summed E-state index contributed by atoms with van der Waals surface area (Å²) in [6.07, 6.45) is 0.947. The van der Waals surface area contributed by atoms with Crippen LogP contribution in [0.4, 0.5) is 0 Å². The first-order chi connectivity index (χ1) is 7.48. The molecule has 1 rings (SSSR count). The number of ether oxygens (including phenoxy) is 1. The first-order valence-corrected chi connectivity index (χ1v) is 6.41. The van der Waals surface area contributed by atoms with Gasteiger partial charge in [-0.1, -0.05) is 35.0 Å². The van der Waals surface area contributed by atoms with Gasteiger partial charge < -0.3 is 10.5 Å². The van der Waals surface area contributed by atoms with Crippen molar-refractivity contribution >= 4 is 15.9 Å². The van der Waals surface area contributed by atoms with Crippen molar-refractivity contribution in [3.05, 3.63) is 34.3 Å². The third kappa shape index (κ3) is 3.89. The van der Waals surface area contributed by atoms with Crippen LogP contribution in [-0.4, -0.2) is 12.1 Å². The van der Waals surface area contributed by atoms with Crippen LogP contribution < -0.4 is 5.73 Å². The maximum Gasteiger partial charge on any atom is 0.0954 e. The van der Waals surface area contributed by atoms with Crippen molar-refractivity contribution < 1.29 is 4.74 Å². The summed E-state index contributed by atoms with van der Waals surface area (Å²) in [7, 11) is 0. The van der Waals surface area contributed by atoms with Crippen molar-refractivity contribution in [2.75, 3.05) is 6.54 Å². The maximum atomic E-state index is 6.02. The lowest BCUT2D eigenvalue weighted by atomic mass is 10.0. The Bertz CT molecular complexity index is 321. The van der Waals surface area contributed by atoms with E-state index in [0.717, 1.165) is 16.5 Å². The van der Waals surface area contributed by atoms with E-state index in [-0.39, 0.29) is 11.7 Å². The van der Waals surface area contributed by atoms with E-state index in [4.69, 9.17) is 10.5 Å². The van der Waals surface area contributed by atoms with Crippen LogP contribution in [0, 0.1) is 0 Å². The first kappa shape index (κ1) is 13.7. The van der Waals surface area contributed by atoms with Crippen LogP contribution in [0.2, 0.25) is 0 Å². The molecule has 0 aliphatic rings. The van der Waals surface area contributed by atoms with Gasteiger partial charge in [-0.15, -0.1) is 0 Å². The zero-order valence-corrected chi connectivity index (χ0v) is 11.8. The minimum Gasteiger partial charge on any atom is -0.366 e. The number of halogens is 1. The van der Waals surface area contributed by atoms with Gasteiger partial charge in [0.25, 0.3) is 0 Å². The molecule has 0 aliphatic carbocycles. The van der Waals surface area contributed by atoms with Crippen LogP contribution >= 0.6 is 15.9 Å². The van der Waals surface area contributed by atoms with Crippen LogP contribution in [0.25, 0.3) is 0 Å². The van der Waals surface area contributed by atoms with Gasteiger partial charge in [-0.2, -0.15) is 0 Å². The van der Waals surface area contributed by atoms with E-state index in [1.807, 2.05) is 24.3 Å². The van der Waals surface area contributed by atoms with Crippen molar-refractivity contribution in [3.63, 3.8) is 0 Å². The molecule has 16 heavy (non-hydrogen) atoms. The fourth-order valence-electron chi connectivity index (χ4n) is 1.40. The molecule has 0 aromatic heterocycles. The summed E-state index contributed by atoms with van der Waals surface area (Å²) in [6, 6.07) is 8.13. The quantitative estimate of drug-likeness (QED) is 0.896. The molecule has 1 unspecified atom stereocenters. The molecular weight excluding hydrogens is 266 g/mol. The Morgan fingerprint density at radius 1 is 1.31 bits per heavy atom. The number of benzene rings is 1. The molecule has 2 nitrogen and oxygen atoms in total. The average Bonchev–Trinajstić information content (AvgIpc) is 2.27. The maximum absolute atomic E-state index is 6.02. The van der Waals surface area contributed by atoms with E-state index in [0.29, 0.717) is 6.54 Å². The molecule has 0 fully saturated rings. The molecule has 0 aliphatic heterocycles. The smallest absolute Gasteiger partial charge is 0.0954 e. The lowest BCUT2D eigenvalue weighted by Gasteiger charge is -2.29. The molecule has 0 heterocycles. The normalized spacial score (nSPS) is 13.8. The van der Waals surface area contributed by atoms with Gasteiger partial charge in [0.05, 0.1) is 11.7 Å². The summed E-state index contributed by atoms with van der Waals surface area (Å²) in [5.74, 6) is 0. The summed E-state index contributed by atoms with van der Waals surface area (Å²) >= 11 is 3.42. The fourth-order valence-corrected chi connectivity index (χ4v) is 1.66. The van der Waals surface area contributed by atoms with Crippen molar-refractivity contribution in [3.8, 4) is 0 Å². The Morgan fingerprint density at radius 3 is 2.31 bits per heavy atom. The molecule has 0 spiro atoms. The molecule has 1 aromatic rings. The Morgan fingerprint density at radius 2 is 1.88 bits per heavy atom. The zero-order chi connectivity index (χ0) is 12.2. The molecule has 0 amide bonds. The first-order valence-electron chi connectivity index (χ1n) is 5.62. The van der Waals surface area contributed by atoms with E-state index in [1.165, 1.54) is 0 Å². The van der Waals surface area contributed by atoms with E-state index >= 15 is 0 Å². The second kappa shape index (κ2) is 5.80. The standard InChI is InChI=1S/C13H20BrNO/c1-4-13(2,3)16-12(9-15)10-5-7-11(14)8-6-10/h5-8,12H,4,9,15H2,1-3H3. The molecule has 0 saturated heterocycles. The Kier molecular flexibility index (Phi) is 4.96. The molecule has 0 saturated carbocycles. The lowest BCUT2D eigenvalue weighted by Crippen LogP contribution is -2.29.